The fraction of sp³-hybridized carbons (Fsp3) is 0.231. The number of rotatable bonds is 1. The number of hydrogen-bond acceptors (Lipinski definition) is 2. The first kappa shape index (κ1) is 8.74. The molecule has 2 nitrogen and oxygen atoms in total. The van der Waals surface area contributed by atoms with Gasteiger partial charge in [-0.05, 0) is 35.9 Å². The highest BCUT2D eigenvalue weighted by Crippen LogP contribution is 2.43. The van der Waals surface area contributed by atoms with Crippen molar-refractivity contribution in [3.05, 3.63) is 42.0 Å². The van der Waals surface area contributed by atoms with Crippen LogP contribution in [0.15, 0.2) is 36.4 Å². The van der Waals surface area contributed by atoms with Gasteiger partial charge in [-0.15, -0.1) is 0 Å². The molecule has 0 saturated heterocycles. The van der Waals surface area contributed by atoms with Crippen LogP contribution in [-0.4, -0.2) is 5.11 Å². The molecule has 0 spiro atoms. The molecular weight excluding hydrogens is 186 g/mol. The molecule has 76 valence electrons. The van der Waals surface area contributed by atoms with E-state index in [0.717, 1.165) is 23.6 Å². The molecule has 0 amide bonds. The predicted octanol–water partition coefficient (Wildman–Crippen LogP) is 2.49. The Hall–Kier alpha value is -1.54. The third kappa shape index (κ3) is 1.29. The Labute approximate surface area is 88.3 Å². The fourth-order valence-corrected chi connectivity index (χ4v) is 2.00. The standard InChI is InChI=1S/C13H13NO/c14-13(6-7-13)10-4-5-11-9(8-10)2-1-3-12(11)15/h1-5,8,15H,6-7,14H2. The van der Waals surface area contributed by atoms with Gasteiger partial charge in [-0.1, -0.05) is 24.3 Å². The van der Waals surface area contributed by atoms with E-state index in [1.807, 2.05) is 24.3 Å². The van der Waals surface area contributed by atoms with Crippen molar-refractivity contribution < 1.29 is 5.11 Å². The van der Waals surface area contributed by atoms with Gasteiger partial charge in [-0.25, -0.2) is 0 Å². The zero-order valence-corrected chi connectivity index (χ0v) is 8.40. The number of hydrogen-bond donors (Lipinski definition) is 2. The summed E-state index contributed by atoms with van der Waals surface area (Å²) in [6, 6.07) is 11.6. The fourth-order valence-electron chi connectivity index (χ4n) is 2.00. The Morgan fingerprint density at radius 1 is 1.13 bits per heavy atom. The lowest BCUT2D eigenvalue weighted by Crippen LogP contribution is -2.18. The molecule has 0 aliphatic heterocycles. The van der Waals surface area contributed by atoms with Gasteiger partial charge in [-0.3, -0.25) is 0 Å². The van der Waals surface area contributed by atoms with Crippen molar-refractivity contribution in [2.24, 2.45) is 5.73 Å². The van der Waals surface area contributed by atoms with Gasteiger partial charge in [0.25, 0.3) is 0 Å². The van der Waals surface area contributed by atoms with E-state index < -0.39 is 0 Å². The Morgan fingerprint density at radius 3 is 2.67 bits per heavy atom. The Bertz CT molecular complexity index is 529. The highest BCUT2D eigenvalue weighted by atomic mass is 16.3. The first-order chi connectivity index (χ1) is 7.19. The molecule has 1 saturated carbocycles. The molecular formula is C13H13NO. The SMILES string of the molecule is NC1(c2ccc3c(O)cccc3c2)CC1. The maximum atomic E-state index is 9.65. The number of fused-ring (bicyclic) bond motifs is 1. The van der Waals surface area contributed by atoms with E-state index in [0.29, 0.717) is 5.75 Å². The second-order valence-electron chi connectivity index (χ2n) is 4.37. The molecule has 15 heavy (non-hydrogen) atoms. The molecule has 0 unspecified atom stereocenters. The highest BCUT2D eigenvalue weighted by molar-refractivity contribution is 5.88. The summed E-state index contributed by atoms with van der Waals surface area (Å²) in [5, 5.41) is 11.6. The molecule has 0 radical (unpaired) electrons. The van der Waals surface area contributed by atoms with E-state index in [1.165, 1.54) is 5.56 Å². The molecule has 2 aromatic rings. The Balaban J connectivity index is 2.23. The molecule has 0 aromatic heterocycles. The van der Waals surface area contributed by atoms with E-state index in [9.17, 15) is 5.11 Å². The number of phenolic OH excluding ortho intramolecular Hbond substituents is 1. The van der Waals surface area contributed by atoms with E-state index >= 15 is 0 Å². The molecule has 1 aliphatic carbocycles. The van der Waals surface area contributed by atoms with Crippen LogP contribution in [0.4, 0.5) is 0 Å². The van der Waals surface area contributed by atoms with Crippen LogP contribution in [0.3, 0.4) is 0 Å². The summed E-state index contributed by atoms with van der Waals surface area (Å²) in [6.45, 7) is 0. The van der Waals surface area contributed by atoms with Crippen molar-refractivity contribution in [1.29, 1.82) is 0 Å². The van der Waals surface area contributed by atoms with Crippen molar-refractivity contribution in [2.45, 2.75) is 18.4 Å². The van der Waals surface area contributed by atoms with Gasteiger partial charge >= 0.3 is 0 Å². The van der Waals surface area contributed by atoms with E-state index in [1.54, 1.807) is 6.07 Å². The van der Waals surface area contributed by atoms with Gasteiger partial charge < -0.3 is 10.8 Å². The van der Waals surface area contributed by atoms with Crippen LogP contribution >= 0.6 is 0 Å². The van der Waals surface area contributed by atoms with Crippen LogP contribution in [0.25, 0.3) is 10.8 Å². The number of phenols is 1. The van der Waals surface area contributed by atoms with Gasteiger partial charge in [0.15, 0.2) is 0 Å². The van der Waals surface area contributed by atoms with Crippen LogP contribution in [0.5, 0.6) is 5.75 Å². The first-order valence-corrected chi connectivity index (χ1v) is 5.20. The van der Waals surface area contributed by atoms with E-state index in [2.05, 4.69) is 6.07 Å². The van der Waals surface area contributed by atoms with Gasteiger partial charge in [0.2, 0.25) is 0 Å². The third-order valence-corrected chi connectivity index (χ3v) is 3.22. The molecule has 3 rings (SSSR count). The lowest BCUT2D eigenvalue weighted by molar-refractivity contribution is 0.481. The average Bonchev–Trinajstić information content (AvgIpc) is 2.98. The van der Waals surface area contributed by atoms with Crippen molar-refractivity contribution in [1.82, 2.24) is 0 Å². The van der Waals surface area contributed by atoms with Crippen molar-refractivity contribution in [2.75, 3.05) is 0 Å². The van der Waals surface area contributed by atoms with Crippen LogP contribution in [0.2, 0.25) is 0 Å². The molecule has 0 heterocycles. The molecule has 1 aliphatic rings. The quantitative estimate of drug-likeness (QED) is 0.741. The average molecular weight is 199 g/mol. The van der Waals surface area contributed by atoms with Gasteiger partial charge in [0, 0.05) is 10.9 Å². The zero-order valence-electron chi connectivity index (χ0n) is 8.40. The minimum absolute atomic E-state index is 0.0976. The van der Waals surface area contributed by atoms with Crippen LogP contribution < -0.4 is 5.73 Å². The molecule has 1 fully saturated rings. The van der Waals surface area contributed by atoms with Crippen molar-refractivity contribution >= 4 is 10.8 Å². The Morgan fingerprint density at radius 2 is 1.93 bits per heavy atom. The van der Waals surface area contributed by atoms with Gasteiger partial charge in [0.05, 0.1) is 0 Å². The van der Waals surface area contributed by atoms with Crippen LogP contribution in [0.1, 0.15) is 18.4 Å². The lowest BCUT2D eigenvalue weighted by atomic mass is 10.0. The molecule has 3 N–H and O–H groups in total. The Kier molecular flexibility index (Phi) is 1.59. The van der Waals surface area contributed by atoms with Crippen LogP contribution in [-0.2, 0) is 5.54 Å². The van der Waals surface area contributed by atoms with Crippen LogP contribution in [0, 0.1) is 0 Å². The molecule has 0 atom stereocenters. The van der Waals surface area contributed by atoms with E-state index in [4.69, 9.17) is 5.73 Å². The van der Waals surface area contributed by atoms with Crippen molar-refractivity contribution in [3.8, 4) is 5.75 Å². The molecule has 2 aromatic carbocycles. The minimum Gasteiger partial charge on any atom is -0.507 e. The summed E-state index contributed by atoms with van der Waals surface area (Å²) in [5.41, 5.74) is 7.22. The topological polar surface area (TPSA) is 46.2 Å². The largest absolute Gasteiger partial charge is 0.507 e. The third-order valence-electron chi connectivity index (χ3n) is 3.22. The number of nitrogens with two attached hydrogens (primary N) is 1. The second-order valence-corrected chi connectivity index (χ2v) is 4.37. The summed E-state index contributed by atoms with van der Waals surface area (Å²) in [4.78, 5) is 0. The van der Waals surface area contributed by atoms with Gasteiger partial charge in [0.1, 0.15) is 5.75 Å². The zero-order chi connectivity index (χ0) is 10.5. The lowest BCUT2D eigenvalue weighted by Gasteiger charge is -2.10. The minimum atomic E-state index is -0.0976. The summed E-state index contributed by atoms with van der Waals surface area (Å²) >= 11 is 0. The predicted molar refractivity (Wildman–Crippen MR) is 60.7 cm³/mol. The number of benzene rings is 2. The summed E-state index contributed by atoms with van der Waals surface area (Å²) in [6.07, 6.45) is 2.13. The maximum Gasteiger partial charge on any atom is 0.123 e. The first-order valence-electron chi connectivity index (χ1n) is 5.20. The second kappa shape index (κ2) is 2.74. The van der Waals surface area contributed by atoms with Gasteiger partial charge in [-0.2, -0.15) is 0 Å². The molecule has 0 bridgehead atoms. The summed E-state index contributed by atoms with van der Waals surface area (Å²) in [7, 11) is 0. The highest BCUT2D eigenvalue weighted by Gasteiger charge is 2.39. The number of aromatic hydroxyl groups is 1. The summed E-state index contributed by atoms with van der Waals surface area (Å²) < 4.78 is 0. The monoisotopic (exact) mass is 199 g/mol. The summed E-state index contributed by atoms with van der Waals surface area (Å²) in [5.74, 6) is 0.334. The van der Waals surface area contributed by atoms with E-state index in [-0.39, 0.29) is 5.54 Å². The maximum absolute atomic E-state index is 9.65. The molecule has 2 heteroatoms. The smallest absolute Gasteiger partial charge is 0.123 e. The van der Waals surface area contributed by atoms with Crippen molar-refractivity contribution in [3.63, 3.8) is 0 Å². The normalized spacial score (nSPS) is 17.9.